The molecule has 3 aromatic carbocycles. The summed E-state index contributed by atoms with van der Waals surface area (Å²) in [7, 11) is -1.78. The topological polar surface area (TPSA) is 209 Å². The van der Waals surface area contributed by atoms with Crippen LogP contribution in [0.5, 0.6) is 5.88 Å². The molecule has 7 aromatic rings. The second-order valence-corrected chi connectivity index (χ2v) is 17.5. The molecule has 0 saturated carbocycles. The molecule has 1 aliphatic rings. The number of carbonyl (C=O) groups excluding carboxylic acids is 3. The fraction of sp³-hybridized carbons (Fsp3) is 0.261. The van der Waals surface area contributed by atoms with Crippen LogP contribution in [0.1, 0.15) is 56.8 Å². The van der Waals surface area contributed by atoms with Crippen LogP contribution in [0.25, 0.3) is 44.5 Å². The van der Waals surface area contributed by atoms with Gasteiger partial charge in [-0.1, -0.05) is 36.4 Å². The molecule has 16 nitrogen and oxygen atoms in total. The lowest BCUT2D eigenvalue weighted by atomic mass is 10.0. The first kappa shape index (κ1) is 42.6. The lowest BCUT2D eigenvalue weighted by Gasteiger charge is -2.22. The maximum absolute atomic E-state index is 13.3. The van der Waals surface area contributed by atoms with Crippen molar-refractivity contribution >= 4 is 49.6 Å². The van der Waals surface area contributed by atoms with E-state index in [1.165, 1.54) is 10.6 Å². The highest BCUT2D eigenvalue weighted by molar-refractivity contribution is 7.90. The Hall–Kier alpha value is -7.11. The van der Waals surface area contributed by atoms with Gasteiger partial charge in [0.2, 0.25) is 17.7 Å². The third kappa shape index (κ3) is 9.39. The number of nitrogens with zero attached hydrogens (tertiary/aromatic N) is 6. The molecule has 1 aliphatic heterocycles. The van der Waals surface area contributed by atoms with E-state index in [4.69, 9.17) is 9.72 Å². The van der Waals surface area contributed by atoms with Crippen molar-refractivity contribution in [2.75, 3.05) is 26.0 Å². The number of hydrogen-bond donors (Lipinski definition) is 3. The van der Waals surface area contributed by atoms with Crippen molar-refractivity contribution in [3.63, 3.8) is 0 Å². The summed E-state index contributed by atoms with van der Waals surface area (Å²) in [5.41, 5.74) is 8.17. The number of aryl methyl sites for hydroxylation is 3. The monoisotopic (exact) mass is 873 g/mol. The minimum absolute atomic E-state index is 0. The van der Waals surface area contributed by atoms with Crippen LogP contribution in [0.15, 0.2) is 107 Å². The Morgan fingerprint density at radius 3 is 2.56 bits per heavy atom. The Labute approximate surface area is 367 Å². The van der Waals surface area contributed by atoms with E-state index >= 15 is 0 Å². The van der Waals surface area contributed by atoms with E-state index in [-0.39, 0.29) is 39.3 Å². The zero-order valence-electron chi connectivity index (χ0n) is 34.9. The van der Waals surface area contributed by atoms with Crippen LogP contribution >= 0.6 is 0 Å². The lowest BCUT2D eigenvalue weighted by Crippen LogP contribution is -2.44. The summed E-state index contributed by atoms with van der Waals surface area (Å²) >= 11 is 0. The molecule has 4 aromatic heterocycles. The molecular formula is C46H51N9O7S. The number of ether oxygens (including phenoxy) is 1. The fourth-order valence-corrected chi connectivity index (χ4v) is 8.85. The number of piperidine rings is 1. The Morgan fingerprint density at radius 1 is 0.921 bits per heavy atom. The van der Waals surface area contributed by atoms with Gasteiger partial charge in [-0.2, -0.15) is 5.10 Å². The van der Waals surface area contributed by atoms with Gasteiger partial charge < -0.3 is 15.4 Å². The molecule has 0 spiro atoms. The van der Waals surface area contributed by atoms with Crippen molar-refractivity contribution in [2.24, 2.45) is 7.05 Å². The number of aromatic nitrogens is 6. The highest BCUT2D eigenvalue weighted by Crippen LogP contribution is 2.29. The number of sulfone groups is 1. The predicted molar refractivity (Wildman–Crippen MR) is 243 cm³/mol. The molecule has 0 bridgehead atoms. The van der Waals surface area contributed by atoms with Gasteiger partial charge in [0.05, 0.1) is 39.4 Å². The number of imide groups is 1. The zero-order chi connectivity index (χ0) is 44.3. The quantitative estimate of drug-likeness (QED) is 0.0878. The average Bonchev–Trinajstić information content (AvgIpc) is 3.53. The number of hydrogen-bond acceptors (Lipinski definition) is 12. The number of pyridine rings is 2. The highest BCUT2D eigenvalue weighted by Gasteiger charge is 2.31. The average molecular weight is 874 g/mol. The molecule has 1 fully saturated rings. The fourth-order valence-electron chi connectivity index (χ4n) is 7.86. The largest absolute Gasteiger partial charge is 0.476 e. The van der Waals surface area contributed by atoms with Crippen LogP contribution in [0, 0.1) is 6.92 Å². The van der Waals surface area contributed by atoms with Gasteiger partial charge in [0, 0.05) is 53.9 Å². The maximum atomic E-state index is 13.3. The molecule has 1 atom stereocenters. The molecule has 5 heterocycles. The van der Waals surface area contributed by atoms with Crippen molar-refractivity contribution in [3.05, 3.63) is 130 Å². The Balaban J connectivity index is 0.00000272. The molecule has 8 rings (SSSR count). The molecule has 1 saturated heterocycles. The van der Waals surface area contributed by atoms with E-state index < -0.39 is 27.7 Å². The number of carbonyl (C=O) groups is 3. The molecule has 0 aliphatic carbocycles. The minimum atomic E-state index is -3.49. The van der Waals surface area contributed by atoms with Crippen molar-refractivity contribution in [2.45, 2.75) is 50.1 Å². The van der Waals surface area contributed by atoms with Gasteiger partial charge >= 0.3 is 5.69 Å². The van der Waals surface area contributed by atoms with Crippen LogP contribution in [-0.4, -0.2) is 81.4 Å². The van der Waals surface area contributed by atoms with E-state index in [0.29, 0.717) is 53.3 Å². The summed E-state index contributed by atoms with van der Waals surface area (Å²) in [5, 5.41) is 17.1. The van der Waals surface area contributed by atoms with Crippen molar-refractivity contribution in [3.8, 4) is 28.3 Å². The predicted octanol–water partition coefficient (Wildman–Crippen LogP) is 5.37. The molecular weight excluding hydrogens is 823 g/mol. The van der Waals surface area contributed by atoms with Crippen LogP contribution in [0.3, 0.4) is 0 Å². The van der Waals surface area contributed by atoms with Gasteiger partial charge in [0.1, 0.15) is 18.2 Å². The molecule has 1 unspecified atom stereocenters. The number of amides is 3. The second-order valence-electron chi connectivity index (χ2n) is 15.5. The number of benzene rings is 3. The highest BCUT2D eigenvalue weighted by atomic mass is 32.2. The molecule has 3 N–H and O–H groups in total. The van der Waals surface area contributed by atoms with Gasteiger partial charge in [0.25, 0.3) is 5.91 Å². The Bertz CT molecular complexity index is 3110. The van der Waals surface area contributed by atoms with Crippen LogP contribution in [0.4, 0.5) is 0 Å². The normalized spacial score (nSPS) is 14.2. The minimum Gasteiger partial charge on any atom is -0.476 e. The smallest absolute Gasteiger partial charge is 0.329 e. The van der Waals surface area contributed by atoms with E-state index in [2.05, 4.69) is 31.1 Å². The van der Waals surface area contributed by atoms with Gasteiger partial charge in [-0.25, -0.2) is 23.2 Å². The van der Waals surface area contributed by atoms with Gasteiger partial charge in [-0.3, -0.25) is 28.8 Å². The zero-order valence-corrected chi connectivity index (χ0v) is 35.7. The van der Waals surface area contributed by atoms with E-state index in [1.807, 2.05) is 66.7 Å². The molecule has 0 radical (unpaired) electrons. The van der Waals surface area contributed by atoms with E-state index in [9.17, 15) is 27.6 Å². The summed E-state index contributed by atoms with van der Waals surface area (Å²) in [5.74, 6) is -0.708. The summed E-state index contributed by atoms with van der Waals surface area (Å²) in [6.45, 7) is 3.48. The standard InChI is InChI=1S/C46H45N9O7S.3H2/c1-28-12-13-33(24-40(28)63(3,60)61)44(57)49-27-34-26-37-36(53-52-34)15-14-35(50-37)32-9-4-8-30(23-32)31-18-20-48-42(25-31)62-22-21-47-19-6-10-29-7-5-11-38-43(29)54(2)46(59)55(38)39-16-17-41(56)51-45(39)58;;;/h4-5,7-9,11-15,18,20,23-26,39,47H,6,10,16-17,19,21-22,27H2,1-3H3,(H,49,57)(H,51,56,58);3*1H. The Kier molecular flexibility index (Phi) is 12.2. The number of rotatable bonds is 15. The van der Waals surface area contributed by atoms with Crippen LogP contribution < -0.4 is 26.4 Å². The maximum Gasteiger partial charge on any atom is 0.329 e. The van der Waals surface area contributed by atoms with Crippen molar-refractivity contribution in [1.29, 1.82) is 0 Å². The third-order valence-electron chi connectivity index (χ3n) is 11.0. The molecule has 63 heavy (non-hydrogen) atoms. The van der Waals surface area contributed by atoms with Gasteiger partial charge in [-0.15, -0.1) is 5.10 Å². The summed E-state index contributed by atoms with van der Waals surface area (Å²) in [6.07, 6.45) is 4.84. The van der Waals surface area contributed by atoms with Crippen molar-refractivity contribution in [1.82, 2.24) is 45.2 Å². The lowest BCUT2D eigenvalue weighted by molar-refractivity contribution is -0.135. The number of para-hydroxylation sites is 1. The molecule has 3 amide bonds. The van der Waals surface area contributed by atoms with Gasteiger partial charge in [-0.05, 0) is 104 Å². The first-order chi connectivity index (χ1) is 30.3. The van der Waals surface area contributed by atoms with E-state index in [1.54, 1.807) is 42.9 Å². The number of imidazole rings is 1. The summed E-state index contributed by atoms with van der Waals surface area (Å²) in [6, 6.07) is 26.9. The number of fused-ring (bicyclic) bond motifs is 2. The van der Waals surface area contributed by atoms with Crippen LogP contribution in [0.2, 0.25) is 0 Å². The third-order valence-corrected chi connectivity index (χ3v) is 12.3. The van der Waals surface area contributed by atoms with Crippen molar-refractivity contribution < 1.29 is 31.8 Å². The Morgan fingerprint density at radius 2 is 1.73 bits per heavy atom. The van der Waals surface area contributed by atoms with E-state index in [0.717, 1.165) is 59.1 Å². The second kappa shape index (κ2) is 18.1. The van der Waals surface area contributed by atoms with Gasteiger partial charge in [0.15, 0.2) is 9.84 Å². The summed E-state index contributed by atoms with van der Waals surface area (Å²) < 4.78 is 33.4. The number of nitrogens with one attached hydrogen (secondary N) is 3. The first-order valence-electron chi connectivity index (χ1n) is 20.5. The summed E-state index contributed by atoms with van der Waals surface area (Å²) in [4.78, 5) is 59.9. The first-order valence-corrected chi connectivity index (χ1v) is 22.4. The SMILES string of the molecule is Cc1ccc(C(=O)NCc2cc3nc(-c4cccc(-c5ccnc(OCCNCCCc6cccc7c6n(C)c(=O)n7C6CCC(=O)NC6=O)c5)c4)ccc3nn2)cc1S(C)(=O)=O.[HH].[HH].[HH]. The molecule has 328 valence electrons. The molecule has 17 heteroatoms. The van der Waals surface area contributed by atoms with Crippen LogP contribution in [-0.2, 0) is 39.4 Å².